The molecule has 0 spiro atoms. The van der Waals surface area contributed by atoms with E-state index in [0.717, 1.165) is 17.7 Å². The number of rotatable bonds is 4. The van der Waals surface area contributed by atoms with Crippen molar-refractivity contribution < 1.29 is 5.11 Å². The van der Waals surface area contributed by atoms with Crippen molar-refractivity contribution in [3.8, 4) is 5.69 Å². The Bertz CT molecular complexity index is 555. The van der Waals surface area contributed by atoms with Crippen LogP contribution in [0.3, 0.4) is 0 Å². The summed E-state index contributed by atoms with van der Waals surface area (Å²) >= 11 is 0. The highest BCUT2D eigenvalue weighted by Crippen LogP contribution is 2.14. The zero-order valence-corrected chi connectivity index (χ0v) is 9.84. The largest absolute Gasteiger partial charge is 0.396 e. The van der Waals surface area contributed by atoms with Crippen LogP contribution in [0.1, 0.15) is 12.0 Å². The van der Waals surface area contributed by atoms with Crippen LogP contribution in [0.25, 0.3) is 5.69 Å². The van der Waals surface area contributed by atoms with Gasteiger partial charge in [-0.3, -0.25) is 4.57 Å². The van der Waals surface area contributed by atoms with E-state index in [0.29, 0.717) is 6.42 Å². The number of aliphatic hydroxyl groups is 1. The van der Waals surface area contributed by atoms with Gasteiger partial charge in [0.1, 0.15) is 0 Å². The van der Waals surface area contributed by atoms with Gasteiger partial charge < -0.3 is 9.67 Å². The van der Waals surface area contributed by atoms with Crippen molar-refractivity contribution in [3.63, 3.8) is 0 Å². The van der Waals surface area contributed by atoms with Gasteiger partial charge in [-0.05, 0) is 24.5 Å². The van der Waals surface area contributed by atoms with Gasteiger partial charge in [0, 0.05) is 26.0 Å². The molecular formula is C13H16N2O2. The molecule has 0 unspecified atom stereocenters. The van der Waals surface area contributed by atoms with E-state index in [1.54, 1.807) is 28.6 Å². The molecule has 4 heteroatoms. The monoisotopic (exact) mass is 232 g/mol. The lowest BCUT2D eigenvalue weighted by Crippen LogP contribution is -2.21. The second-order valence-electron chi connectivity index (χ2n) is 4.02. The smallest absolute Gasteiger partial charge is 0.332 e. The number of para-hydroxylation sites is 1. The van der Waals surface area contributed by atoms with Gasteiger partial charge in [-0.25, -0.2) is 4.79 Å². The van der Waals surface area contributed by atoms with E-state index in [1.807, 2.05) is 24.3 Å². The summed E-state index contributed by atoms with van der Waals surface area (Å²) in [5.74, 6) is 0. The standard InChI is InChI=1S/C13H16N2O2/c1-14-8-9-15(13(14)17)12-7-3-2-5-11(12)6-4-10-16/h2-3,5,7-9,16H,4,6,10H2,1H3. The SMILES string of the molecule is Cn1ccn(-c2ccccc2CCCO)c1=O. The molecule has 2 aromatic rings. The van der Waals surface area contributed by atoms with Gasteiger partial charge in [-0.2, -0.15) is 0 Å². The molecule has 0 amide bonds. The normalized spacial score (nSPS) is 10.7. The van der Waals surface area contributed by atoms with Crippen LogP contribution in [0.15, 0.2) is 41.5 Å². The van der Waals surface area contributed by atoms with E-state index in [9.17, 15) is 4.79 Å². The number of aliphatic hydroxyl groups excluding tert-OH is 1. The predicted molar refractivity (Wildman–Crippen MR) is 66.4 cm³/mol. The molecule has 17 heavy (non-hydrogen) atoms. The minimum Gasteiger partial charge on any atom is -0.396 e. The molecule has 1 N–H and O–H groups in total. The van der Waals surface area contributed by atoms with Crippen molar-refractivity contribution in [1.82, 2.24) is 9.13 Å². The Hall–Kier alpha value is -1.81. The molecule has 0 bridgehead atoms. The van der Waals surface area contributed by atoms with Gasteiger partial charge in [-0.15, -0.1) is 0 Å². The van der Waals surface area contributed by atoms with E-state index in [1.165, 1.54) is 0 Å². The maximum absolute atomic E-state index is 11.9. The Morgan fingerprint density at radius 3 is 2.65 bits per heavy atom. The Balaban J connectivity index is 2.44. The summed E-state index contributed by atoms with van der Waals surface area (Å²) in [4.78, 5) is 11.9. The molecule has 0 aliphatic rings. The van der Waals surface area contributed by atoms with Crippen LogP contribution in [0.5, 0.6) is 0 Å². The molecule has 1 aromatic carbocycles. The lowest BCUT2D eigenvalue weighted by Gasteiger charge is -2.08. The average molecular weight is 232 g/mol. The molecular weight excluding hydrogens is 216 g/mol. The zero-order chi connectivity index (χ0) is 12.3. The van der Waals surface area contributed by atoms with Crippen molar-refractivity contribution in [2.24, 2.45) is 7.05 Å². The molecule has 4 nitrogen and oxygen atoms in total. The Labute approximate surface area is 99.8 Å². The topological polar surface area (TPSA) is 47.2 Å². The third-order valence-corrected chi connectivity index (χ3v) is 2.80. The molecule has 0 saturated carbocycles. The van der Waals surface area contributed by atoms with E-state index in [4.69, 9.17) is 5.11 Å². The number of hydrogen-bond acceptors (Lipinski definition) is 2. The highest BCUT2D eigenvalue weighted by Gasteiger charge is 2.07. The van der Waals surface area contributed by atoms with Crippen molar-refractivity contribution in [1.29, 1.82) is 0 Å². The second kappa shape index (κ2) is 5.01. The number of imidazole rings is 1. The zero-order valence-electron chi connectivity index (χ0n) is 9.84. The van der Waals surface area contributed by atoms with Gasteiger partial charge in [0.05, 0.1) is 5.69 Å². The predicted octanol–water partition coefficient (Wildman–Crippen LogP) is 1.10. The number of aryl methyl sites for hydroxylation is 2. The number of benzene rings is 1. The molecule has 2 rings (SSSR count). The van der Waals surface area contributed by atoms with Crippen LogP contribution in [-0.2, 0) is 13.5 Å². The molecule has 0 saturated heterocycles. The lowest BCUT2D eigenvalue weighted by atomic mass is 10.1. The quantitative estimate of drug-likeness (QED) is 0.858. The maximum Gasteiger partial charge on any atom is 0.332 e. The second-order valence-corrected chi connectivity index (χ2v) is 4.02. The summed E-state index contributed by atoms with van der Waals surface area (Å²) in [5.41, 5.74) is 1.92. The molecule has 1 aromatic heterocycles. The fraction of sp³-hybridized carbons (Fsp3) is 0.308. The number of hydrogen-bond donors (Lipinski definition) is 1. The third kappa shape index (κ3) is 2.31. The minimum absolute atomic E-state index is 0.0542. The molecule has 1 heterocycles. The summed E-state index contributed by atoms with van der Waals surface area (Å²) in [6.07, 6.45) is 4.98. The van der Waals surface area contributed by atoms with Crippen molar-refractivity contribution in [3.05, 3.63) is 52.7 Å². The van der Waals surface area contributed by atoms with Crippen LogP contribution >= 0.6 is 0 Å². The molecule has 0 fully saturated rings. The molecule has 0 atom stereocenters. The summed E-state index contributed by atoms with van der Waals surface area (Å²) in [5, 5.41) is 8.88. The Kier molecular flexibility index (Phi) is 3.44. The van der Waals surface area contributed by atoms with Crippen LogP contribution in [-0.4, -0.2) is 20.8 Å². The van der Waals surface area contributed by atoms with Gasteiger partial charge in [0.25, 0.3) is 0 Å². The van der Waals surface area contributed by atoms with Crippen LogP contribution in [0.2, 0.25) is 0 Å². The van der Waals surface area contributed by atoms with Crippen LogP contribution in [0, 0.1) is 0 Å². The molecule has 0 aliphatic carbocycles. The van der Waals surface area contributed by atoms with E-state index in [2.05, 4.69) is 0 Å². The van der Waals surface area contributed by atoms with Crippen molar-refractivity contribution >= 4 is 0 Å². The first-order chi connectivity index (χ1) is 8.24. The van der Waals surface area contributed by atoms with Crippen molar-refractivity contribution in [2.45, 2.75) is 12.8 Å². The number of aromatic nitrogens is 2. The maximum atomic E-state index is 11.9. The van der Waals surface area contributed by atoms with Crippen LogP contribution in [0.4, 0.5) is 0 Å². The van der Waals surface area contributed by atoms with Gasteiger partial charge in [-0.1, -0.05) is 18.2 Å². The highest BCUT2D eigenvalue weighted by atomic mass is 16.2. The fourth-order valence-corrected chi connectivity index (χ4v) is 1.87. The van der Waals surface area contributed by atoms with Crippen molar-refractivity contribution in [2.75, 3.05) is 6.61 Å². The third-order valence-electron chi connectivity index (χ3n) is 2.80. The first-order valence-electron chi connectivity index (χ1n) is 5.67. The Morgan fingerprint density at radius 2 is 2.00 bits per heavy atom. The summed E-state index contributed by atoms with van der Waals surface area (Å²) < 4.78 is 3.18. The summed E-state index contributed by atoms with van der Waals surface area (Å²) in [6, 6.07) is 7.78. The van der Waals surface area contributed by atoms with E-state index >= 15 is 0 Å². The van der Waals surface area contributed by atoms with E-state index < -0.39 is 0 Å². The summed E-state index contributed by atoms with van der Waals surface area (Å²) in [7, 11) is 1.73. The minimum atomic E-state index is -0.0542. The first kappa shape index (κ1) is 11.7. The van der Waals surface area contributed by atoms with Crippen LogP contribution < -0.4 is 5.69 Å². The van der Waals surface area contributed by atoms with Gasteiger partial charge in [0.15, 0.2) is 0 Å². The molecule has 0 aliphatic heterocycles. The average Bonchev–Trinajstić information content (AvgIpc) is 2.68. The van der Waals surface area contributed by atoms with Gasteiger partial charge >= 0.3 is 5.69 Å². The fourth-order valence-electron chi connectivity index (χ4n) is 1.87. The first-order valence-corrected chi connectivity index (χ1v) is 5.67. The Morgan fingerprint density at radius 1 is 1.24 bits per heavy atom. The highest BCUT2D eigenvalue weighted by molar-refractivity contribution is 5.41. The molecule has 90 valence electrons. The van der Waals surface area contributed by atoms with Gasteiger partial charge in [0.2, 0.25) is 0 Å². The summed E-state index contributed by atoms with van der Waals surface area (Å²) in [6.45, 7) is 0.165. The molecule has 0 radical (unpaired) electrons. The number of nitrogens with zero attached hydrogens (tertiary/aromatic N) is 2. The lowest BCUT2D eigenvalue weighted by molar-refractivity contribution is 0.288. The van der Waals surface area contributed by atoms with E-state index in [-0.39, 0.29) is 12.3 Å².